The third-order valence-electron chi connectivity index (χ3n) is 12.1. The highest BCUT2D eigenvalue weighted by molar-refractivity contribution is 8.13. The number of pyridine rings is 2. The molecule has 4 saturated carbocycles. The van der Waals surface area contributed by atoms with Crippen molar-refractivity contribution >= 4 is 53.0 Å². The molecule has 0 spiro atoms. The zero-order chi connectivity index (χ0) is 46.3. The molecule has 4 aromatic carbocycles. The molecule has 344 valence electrons. The highest BCUT2D eigenvalue weighted by Gasteiger charge is 2.49. The van der Waals surface area contributed by atoms with Gasteiger partial charge in [0.05, 0.1) is 46.4 Å². The molecule has 0 saturated heterocycles. The van der Waals surface area contributed by atoms with Gasteiger partial charge in [0.15, 0.2) is 0 Å². The van der Waals surface area contributed by atoms with Gasteiger partial charge in [0.2, 0.25) is 10.0 Å². The van der Waals surface area contributed by atoms with Gasteiger partial charge in [0.25, 0.3) is 9.05 Å². The average molecular weight is 989 g/mol. The molecule has 2 heterocycles. The van der Waals surface area contributed by atoms with Gasteiger partial charge in [-0.15, -0.1) is 0 Å². The number of hydrogen-bond acceptors (Lipinski definition) is 10. The molecule has 4 fully saturated rings. The second-order valence-corrected chi connectivity index (χ2v) is 22.8. The molecule has 0 unspecified atom stereocenters. The molecule has 0 bridgehead atoms. The molecule has 0 radical (unpaired) electrons. The first kappa shape index (κ1) is 46.5. The summed E-state index contributed by atoms with van der Waals surface area (Å²) < 4.78 is 74.8. The van der Waals surface area contributed by atoms with Crippen LogP contribution in [0.3, 0.4) is 0 Å². The smallest absolute Gasteiger partial charge is 0.261 e. The number of hydrogen-bond donors (Lipinski definition) is 0. The lowest BCUT2D eigenvalue weighted by atomic mass is 9.96. The van der Waals surface area contributed by atoms with E-state index in [4.69, 9.17) is 52.8 Å². The summed E-state index contributed by atoms with van der Waals surface area (Å²) in [4.78, 5) is 8.94. The fourth-order valence-corrected chi connectivity index (χ4v) is 9.89. The van der Waals surface area contributed by atoms with Gasteiger partial charge in [-0.05, 0) is 134 Å². The zero-order valence-electron chi connectivity index (χ0n) is 36.3. The molecule has 0 N–H and O–H groups in total. The van der Waals surface area contributed by atoms with Crippen LogP contribution in [0.15, 0.2) is 132 Å². The molecule has 11 nitrogen and oxygen atoms in total. The standard InChI is InChI=1S/C26H27ClN2O4S.C24H21Cl2NO4S/c1-29(2)34(30,31)20-9-10-24(27)18(15-20)17-32-26(12-13-26)23-16-28-14-11-21(23)22-5-3-4-6-25(22)33-19-7-8-19;25-22-8-7-18(32(26,28)29)13-16(22)15-30-24(10-11-24)21-14-27-12-9-19(21)20-3-1-2-4-23(20)31-17-5-6-17/h3-6,9-11,14-16,19H,7-8,12-13,17H2,1-2H3;1-4,7-9,12-14,17H,5-6,10-11,15H2. The molecule has 0 aliphatic heterocycles. The molecular weight excluding hydrogens is 941 g/mol. The SMILES string of the molecule is CN(C)S(=O)(=O)c1ccc(Cl)c(COC2(c3cnccc3-c3ccccc3OC3CC3)CC2)c1.O=S(=O)(Cl)c1ccc(Cl)c(COC2(c3cnccc3-c3ccccc3OC3CC3)CC2)c1. The van der Waals surface area contributed by atoms with E-state index in [1.807, 2.05) is 60.9 Å². The fourth-order valence-electron chi connectivity index (χ4n) is 7.79. The number of halogens is 3. The van der Waals surface area contributed by atoms with E-state index < -0.39 is 30.3 Å². The van der Waals surface area contributed by atoms with Gasteiger partial charge in [-0.1, -0.05) is 59.6 Å². The first-order chi connectivity index (χ1) is 31.7. The summed E-state index contributed by atoms with van der Waals surface area (Å²) >= 11 is 12.7. The first-order valence-electron chi connectivity index (χ1n) is 21.8. The molecule has 10 rings (SSSR count). The normalized spacial score (nSPS) is 17.1. The minimum atomic E-state index is -3.85. The molecule has 4 aliphatic carbocycles. The van der Waals surface area contributed by atoms with Gasteiger partial charge in [0.1, 0.15) is 11.5 Å². The maximum atomic E-state index is 12.6. The van der Waals surface area contributed by atoms with Crippen molar-refractivity contribution in [3.05, 3.63) is 154 Å². The van der Waals surface area contributed by atoms with Crippen molar-refractivity contribution in [2.45, 2.75) is 97.8 Å². The second kappa shape index (κ2) is 18.8. The summed E-state index contributed by atoms with van der Waals surface area (Å²) in [6.45, 7) is 0.359. The highest BCUT2D eigenvalue weighted by atomic mass is 35.7. The van der Waals surface area contributed by atoms with E-state index in [9.17, 15) is 16.8 Å². The maximum Gasteiger partial charge on any atom is 0.261 e. The van der Waals surface area contributed by atoms with E-state index in [0.717, 1.165) is 96.2 Å². The summed E-state index contributed by atoms with van der Waals surface area (Å²) in [7, 11) is 1.09. The molecule has 4 aliphatic rings. The van der Waals surface area contributed by atoms with E-state index >= 15 is 0 Å². The van der Waals surface area contributed by atoms with Gasteiger partial charge in [-0.3, -0.25) is 9.97 Å². The predicted molar refractivity (Wildman–Crippen MR) is 255 cm³/mol. The number of ether oxygens (including phenoxy) is 4. The Morgan fingerprint density at radius 3 is 1.42 bits per heavy atom. The Labute approximate surface area is 400 Å². The molecular formula is C50H48Cl3N3O8S2. The first-order valence-corrected chi connectivity index (χ1v) is 26.3. The van der Waals surface area contributed by atoms with E-state index in [1.54, 1.807) is 24.5 Å². The van der Waals surface area contributed by atoms with Gasteiger partial charge < -0.3 is 18.9 Å². The van der Waals surface area contributed by atoms with Crippen molar-refractivity contribution in [2.24, 2.45) is 0 Å². The summed E-state index contributed by atoms with van der Waals surface area (Å²) in [5, 5.41) is 0.905. The summed E-state index contributed by atoms with van der Waals surface area (Å²) in [6.07, 6.45) is 15.6. The Kier molecular flexibility index (Phi) is 13.3. The number of para-hydroxylation sites is 2. The van der Waals surface area contributed by atoms with Gasteiger partial charge >= 0.3 is 0 Å². The van der Waals surface area contributed by atoms with Crippen molar-refractivity contribution < 1.29 is 35.8 Å². The minimum Gasteiger partial charge on any atom is -0.490 e. The fraction of sp³-hybridized carbons (Fsp3) is 0.320. The Hall–Kier alpha value is -4.57. The summed E-state index contributed by atoms with van der Waals surface area (Å²) in [5.74, 6) is 1.74. The lowest BCUT2D eigenvalue weighted by Gasteiger charge is -2.22. The van der Waals surface area contributed by atoms with Crippen LogP contribution in [0.1, 0.15) is 73.6 Å². The molecule has 2 aromatic heterocycles. The van der Waals surface area contributed by atoms with Gasteiger partial charge in [-0.25, -0.2) is 21.1 Å². The van der Waals surface area contributed by atoms with Crippen LogP contribution in [-0.4, -0.2) is 57.4 Å². The number of nitrogens with zero attached hydrogens (tertiary/aromatic N) is 3. The molecule has 66 heavy (non-hydrogen) atoms. The Morgan fingerprint density at radius 2 is 1.02 bits per heavy atom. The molecule has 16 heteroatoms. The van der Waals surface area contributed by atoms with Crippen molar-refractivity contribution in [1.29, 1.82) is 0 Å². The van der Waals surface area contributed by atoms with Crippen molar-refractivity contribution in [2.75, 3.05) is 14.1 Å². The van der Waals surface area contributed by atoms with Gasteiger partial charge in [-0.2, -0.15) is 0 Å². The number of sulfonamides is 1. The molecule has 6 aromatic rings. The van der Waals surface area contributed by atoms with Crippen LogP contribution in [0, 0.1) is 0 Å². The highest BCUT2D eigenvalue weighted by Crippen LogP contribution is 2.55. The van der Waals surface area contributed by atoms with Crippen LogP contribution in [0.4, 0.5) is 0 Å². The van der Waals surface area contributed by atoms with Crippen LogP contribution in [0.25, 0.3) is 22.3 Å². The molecule has 0 amide bonds. The third-order valence-corrected chi connectivity index (χ3v) is 16.0. The van der Waals surface area contributed by atoms with Crippen LogP contribution >= 0.6 is 33.9 Å². The Balaban J connectivity index is 0.000000166. The van der Waals surface area contributed by atoms with Crippen LogP contribution in [-0.2, 0) is 53.0 Å². The minimum absolute atomic E-state index is 0.000215. The van der Waals surface area contributed by atoms with Crippen molar-refractivity contribution in [1.82, 2.24) is 14.3 Å². The van der Waals surface area contributed by atoms with E-state index in [-0.39, 0.29) is 23.0 Å². The van der Waals surface area contributed by atoms with Crippen molar-refractivity contribution in [3.8, 4) is 33.8 Å². The average Bonchev–Trinajstić information content (AvgIpc) is 4.07. The Morgan fingerprint density at radius 1 is 0.591 bits per heavy atom. The lowest BCUT2D eigenvalue weighted by Crippen LogP contribution is -2.22. The number of benzene rings is 4. The topological polar surface area (TPSA) is 134 Å². The zero-order valence-corrected chi connectivity index (χ0v) is 40.2. The van der Waals surface area contributed by atoms with Gasteiger partial charge in [0, 0.05) is 81.9 Å². The molecule has 0 atom stereocenters. The lowest BCUT2D eigenvalue weighted by molar-refractivity contribution is 0.0171. The quantitative estimate of drug-likeness (QED) is 0.0813. The monoisotopic (exact) mass is 987 g/mol. The number of aromatic nitrogens is 2. The maximum absolute atomic E-state index is 12.6. The van der Waals surface area contributed by atoms with E-state index in [0.29, 0.717) is 33.4 Å². The van der Waals surface area contributed by atoms with Crippen LogP contribution in [0.5, 0.6) is 11.5 Å². The third kappa shape index (κ3) is 10.4. The van der Waals surface area contributed by atoms with E-state index in [2.05, 4.69) is 22.1 Å². The van der Waals surface area contributed by atoms with E-state index in [1.165, 1.54) is 42.7 Å². The summed E-state index contributed by atoms with van der Waals surface area (Å²) in [6, 6.07) is 29.2. The largest absolute Gasteiger partial charge is 0.490 e. The Bertz CT molecular complexity index is 2990. The van der Waals surface area contributed by atoms with Crippen molar-refractivity contribution in [3.63, 3.8) is 0 Å². The summed E-state index contributed by atoms with van der Waals surface area (Å²) in [5.41, 5.74) is 6.32. The van der Waals surface area contributed by atoms with Crippen LogP contribution in [0.2, 0.25) is 10.0 Å². The number of rotatable bonds is 17. The predicted octanol–water partition coefficient (Wildman–Crippen LogP) is 11.5. The second-order valence-electron chi connectivity index (χ2n) is 17.3. The van der Waals surface area contributed by atoms with Crippen LogP contribution < -0.4 is 9.47 Å².